The summed E-state index contributed by atoms with van der Waals surface area (Å²) in [5.74, 6) is 2.60. The van der Waals surface area contributed by atoms with Gasteiger partial charge in [0.05, 0.1) is 19.9 Å². The van der Waals surface area contributed by atoms with Gasteiger partial charge in [-0.25, -0.2) is 4.68 Å². The minimum Gasteiger partial charge on any atom is -0.495 e. The van der Waals surface area contributed by atoms with Crippen LogP contribution in [0.25, 0.3) is 0 Å². The summed E-state index contributed by atoms with van der Waals surface area (Å²) in [7, 11) is 6.88. The zero-order valence-electron chi connectivity index (χ0n) is 16.9. The summed E-state index contributed by atoms with van der Waals surface area (Å²) in [6, 6.07) is 7.43. The summed E-state index contributed by atoms with van der Waals surface area (Å²) in [6.45, 7) is 0.524. The van der Waals surface area contributed by atoms with Gasteiger partial charge < -0.3 is 14.4 Å². The second-order valence-electron chi connectivity index (χ2n) is 7.24. The number of nitrogens with zero attached hydrogens (tertiary/aromatic N) is 6. The molecule has 0 bridgehead atoms. The first-order chi connectivity index (χ1) is 14.0. The fourth-order valence-electron chi connectivity index (χ4n) is 3.30. The van der Waals surface area contributed by atoms with Crippen molar-refractivity contribution < 1.29 is 9.47 Å². The van der Waals surface area contributed by atoms with Gasteiger partial charge in [-0.1, -0.05) is 0 Å². The lowest BCUT2D eigenvalue weighted by Gasteiger charge is -2.17. The molecule has 9 nitrogen and oxygen atoms in total. The molecule has 29 heavy (non-hydrogen) atoms. The third-order valence-corrected chi connectivity index (χ3v) is 5.17. The van der Waals surface area contributed by atoms with E-state index < -0.39 is 0 Å². The monoisotopic (exact) mass is 396 g/mol. The molecule has 0 spiro atoms. The van der Waals surface area contributed by atoms with Crippen LogP contribution in [0.4, 0.5) is 11.5 Å². The highest BCUT2D eigenvalue weighted by Gasteiger charge is 2.40. The van der Waals surface area contributed by atoms with Gasteiger partial charge in [0, 0.05) is 57.0 Å². The highest BCUT2D eigenvalue weighted by Crippen LogP contribution is 2.46. The predicted molar refractivity (Wildman–Crippen MR) is 108 cm³/mol. The number of aryl methyl sites for hydroxylation is 2. The standard InChI is InChI=1S/C20H24N6O3/c1-24-8-7-18(22-24)25(2)17-10-19(23-26(3)20(17)27)29-12-13-9-15(13)16-6-5-14(28-4)11-21-16/h5-8,10-11,13,15H,9,12H2,1-4H3/t13-,15+/m1/s1. The fourth-order valence-corrected chi connectivity index (χ4v) is 3.30. The van der Waals surface area contributed by atoms with Crippen molar-refractivity contribution in [3.05, 3.63) is 52.7 Å². The van der Waals surface area contributed by atoms with Gasteiger partial charge >= 0.3 is 0 Å². The van der Waals surface area contributed by atoms with Crippen molar-refractivity contribution in [2.75, 3.05) is 25.7 Å². The molecule has 9 heteroatoms. The lowest BCUT2D eigenvalue weighted by molar-refractivity contribution is 0.278. The highest BCUT2D eigenvalue weighted by atomic mass is 16.5. The predicted octanol–water partition coefficient (Wildman–Crippen LogP) is 1.87. The Morgan fingerprint density at radius 2 is 2.07 bits per heavy atom. The van der Waals surface area contributed by atoms with Crippen molar-refractivity contribution in [1.29, 1.82) is 0 Å². The molecule has 1 aliphatic carbocycles. The summed E-state index contributed by atoms with van der Waals surface area (Å²) < 4.78 is 14.1. The Morgan fingerprint density at radius 3 is 2.72 bits per heavy atom. The highest BCUT2D eigenvalue weighted by molar-refractivity contribution is 5.58. The van der Waals surface area contributed by atoms with Gasteiger partial charge in [-0.05, 0) is 18.6 Å². The van der Waals surface area contributed by atoms with Crippen molar-refractivity contribution in [1.82, 2.24) is 24.5 Å². The third kappa shape index (κ3) is 3.94. The van der Waals surface area contributed by atoms with Crippen LogP contribution in [0.2, 0.25) is 0 Å². The Morgan fingerprint density at radius 1 is 1.24 bits per heavy atom. The number of rotatable bonds is 7. The first-order valence-corrected chi connectivity index (χ1v) is 9.40. The average Bonchev–Trinajstić information content (AvgIpc) is 3.38. The lowest BCUT2D eigenvalue weighted by atomic mass is 10.2. The second-order valence-corrected chi connectivity index (χ2v) is 7.24. The van der Waals surface area contributed by atoms with Crippen LogP contribution in [0.15, 0.2) is 41.5 Å². The first kappa shape index (κ1) is 19.0. The van der Waals surface area contributed by atoms with Gasteiger partial charge in [-0.15, -0.1) is 5.10 Å². The van der Waals surface area contributed by atoms with E-state index in [9.17, 15) is 4.79 Å². The van der Waals surface area contributed by atoms with E-state index in [2.05, 4.69) is 15.2 Å². The molecule has 0 N–H and O–H groups in total. The normalized spacial score (nSPS) is 17.8. The van der Waals surface area contributed by atoms with Crippen LogP contribution in [-0.4, -0.2) is 45.3 Å². The summed E-state index contributed by atoms with van der Waals surface area (Å²) in [4.78, 5) is 18.7. The number of anilines is 2. The molecule has 0 aromatic carbocycles. The smallest absolute Gasteiger partial charge is 0.290 e. The maximum atomic E-state index is 12.5. The summed E-state index contributed by atoms with van der Waals surface area (Å²) in [6.07, 6.45) is 4.58. The van der Waals surface area contributed by atoms with E-state index in [4.69, 9.17) is 9.47 Å². The zero-order valence-corrected chi connectivity index (χ0v) is 16.9. The van der Waals surface area contributed by atoms with Crippen molar-refractivity contribution in [3.63, 3.8) is 0 Å². The molecule has 3 heterocycles. The topological polar surface area (TPSA) is 87.3 Å². The van der Waals surface area contributed by atoms with E-state index in [0.717, 1.165) is 17.9 Å². The molecule has 0 amide bonds. The van der Waals surface area contributed by atoms with Crippen LogP contribution in [0, 0.1) is 5.92 Å². The van der Waals surface area contributed by atoms with Gasteiger partial charge in [0.1, 0.15) is 11.4 Å². The Kier molecular flexibility index (Phi) is 4.96. The van der Waals surface area contributed by atoms with E-state index in [-0.39, 0.29) is 5.56 Å². The van der Waals surface area contributed by atoms with Crippen LogP contribution in [0.1, 0.15) is 18.0 Å². The molecule has 2 atom stereocenters. The van der Waals surface area contributed by atoms with Crippen LogP contribution in [0.3, 0.4) is 0 Å². The molecule has 0 unspecified atom stereocenters. The SMILES string of the molecule is COc1ccc([C@H]2C[C@@H]2COc2cc(N(C)c3ccn(C)n3)c(=O)n(C)n2)nc1. The molecule has 152 valence electrons. The maximum absolute atomic E-state index is 12.5. The van der Waals surface area contributed by atoms with E-state index in [0.29, 0.717) is 35.8 Å². The molecular weight excluding hydrogens is 372 g/mol. The van der Waals surface area contributed by atoms with Crippen LogP contribution in [0.5, 0.6) is 11.6 Å². The van der Waals surface area contributed by atoms with Crippen LogP contribution < -0.4 is 19.9 Å². The molecule has 1 fully saturated rings. The van der Waals surface area contributed by atoms with Gasteiger partial charge in [-0.2, -0.15) is 5.10 Å². The molecule has 3 aromatic heterocycles. The molecular formula is C20H24N6O3. The summed E-state index contributed by atoms with van der Waals surface area (Å²) in [5.41, 5.74) is 1.29. The van der Waals surface area contributed by atoms with Crippen molar-refractivity contribution in [3.8, 4) is 11.6 Å². The van der Waals surface area contributed by atoms with Gasteiger partial charge in [0.15, 0.2) is 5.82 Å². The molecule has 1 aliphatic rings. The third-order valence-electron chi connectivity index (χ3n) is 5.17. The number of ether oxygens (including phenoxy) is 2. The number of pyridine rings is 1. The molecule has 4 rings (SSSR count). The fraction of sp³-hybridized carbons (Fsp3) is 0.400. The Labute approximate surface area is 168 Å². The molecule has 0 saturated heterocycles. The van der Waals surface area contributed by atoms with E-state index in [1.54, 1.807) is 43.1 Å². The van der Waals surface area contributed by atoms with E-state index in [1.165, 1.54) is 4.68 Å². The van der Waals surface area contributed by atoms with Gasteiger partial charge in [0.2, 0.25) is 5.88 Å². The van der Waals surface area contributed by atoms with Crippen LogP contribution in [-0.2, 0) is 14.1 Å². The number of hydrogen-bond acceptors (Lipinski definition) is 7. The Balaban J connectivity index is 1.44. The largest absolute Gasteiger partial charge is 0.495 e. The molecule has 0 radical (unpaired) electrons. The van der Waals surface area contributed by atoms with Crippen molar-refractivity contribution in [2.45, 2.75) is 12.3 Å². The number of aromatic nitrogens is 5. The molecule has 0 aliphatic heterocycles. The summed E-state index contributed by atoms with van der Waals surface area (Å²) >= 11 is 0. The summed E-state index contributed by atoms with van der Waals surface area (Å²) in [5, 5.41) is 8.58. The Hall–Kier alpha value is -3.36. The maximum Gasteiger partial charge on any atom is 0.290 e. The lowest BCUT2D eigenvalue weighted by Crippen LogP contribution is -2.27. The second kappa shape index (κ2) is 7.57. The van der Waals surface area contributed by atoms with Crippen molar-refractivity contribution >= 4 is 11.5 Å². The Bertz CT molecular complexity index is 1060. The van der Waals surface area contributed by atoms with Crippen molar-refractivity contribution in [2.24, 2.45) is 20.0 Å². The zero-order chi connectivity index (χ0) is 20.5. The van der Waals surface area contributed by atoms with E-state index >= 15 is 0 Å². The quantitative estimate of drug-likeness (QED) is 0.602. The molecule has 3 aromatic rings. The van der Waals surface area contributed by atoms with Crippen LogP contribution >= 0.6 is 0 Å². The number of hydrogen-bond donors (Lipinski definition) is 0. The number of methoxy groups -OCH3 is 1. The van der Waals surface area contributed by atoms with Gasteiger partial charge in [0.25, 0.3) is 5.56 Å². The van der Waals surface area contributed by atoms with Gasteiger partial charge in [-0.3, -0.25) is 14.5 Å². The van der Waals surface area contributed by atoms with E-state index in [1.807, 2.05) is 31.4 Å². The first-order valence-electron chi connectivity index (χ1n) is 9.40. The average molecular weight is 396 g/mol. The molecule has 1 saturated carbocycles. The minimum absolute atomic E-state index is 0.211. The minimum atomic E-state index is -0.211.